The smallest absolute Gasteiger partial charge is 0.405 e. The van der Waals surface area contributed by atoms with Gasteiger partial charge in [-0.2, -0.15) is 13.2 Å². The van der Waals surface area contributed by atoms with E-state index in [2.05, 4.69) is 0 Å². The summed E-state index contributed by atoms with van der Waals surface area (Å²) in [5.41, 5.74) is -0.547. The van der Waals surface area contributed by atoms with Crippen LogP contribution in [0.5, 0.6) is 0 Å². The van der Waals surface area contributed by atoms with Crippen LogP contribution in [0.4, 0.5) is 23.2 Å². The van der Waals surface area contributed by atoms with Gasteiger partial charge in [0.25, 0.3) is 0 Å². The highest BCUT2D eigenvalue weighted by atomic mass is 19.4. The average Bonchev–Trinajstić information content (AvgIpc) is 2.26. The molecule has 0 bridgehead atoms. The Morgan fingerprint density at radius 3 is 2.42 bits per heavy atom. The summed E-state index contributed by atoms with van der Waals surface area (Å²) in [6.07, 6.45) is -4.04. The highest BCUT2D eigenvalue weighted by Crippen LogP contribution is 2.25. The van der Waals surface area contributed by atoms with Gasteiger partial charge in [0.2, 0.25) is 0 Å². The zero-order chi connectivity index (χ0) is 14.6. The number of carboxylic acids is 1. The highest BCUT2D eigenvalue weighted by Gasteiger charge is 2.31. The first-order valence-electron chi connectivity index (χ1n) is 5.59. The molecule has 3 nitrogen and oxygen atoms in total. The van der Waals surface area contributed by atoms with Gasteiger partial charge in [-0.3, -0.25) is 0 Å². The topological polar surface area (TPSA) is 40.5 Å². The summed E-state index contributed by atoms with van der Waals surface area (Å²) in [6.45, 7) is 0.430. The van der Waals surface area contributed by atoms with E-state index >= 15 is 0 Å². The molecule has 0 fully saturated rings. The summed E-state index contributed by atoms with van der Waals surface area (Å²) >= 11 is 0. The minimum absolute atomic E-state index is 0.0306. The molecule has 1 rings (SSSR count). The Kier molecular flexibility index (Phi) is 4.74. The van der Waals surface area contributed by atoms with Gasteiger partial charge in [-0.1, -0.05) is 6.92 Å². The molecule has 0 aromatic heterocycles. The molecule has 0 aliphatic rings. The Hall–Kier alpha value is -1.79. The van der Waals surface area contributed by atoms with Crippen molar-refractivity contribution < 1.29 is 27.5 Å². The summed E-state index contributed by atoms with van der Waals surface area (Å²) in [6, 6.07) is 2.86. The summed E-state index contributed by atoms with van der Waals surface area (Å²) in [5, 5.41) is 8.67. The molecule has 19 heavy (non-hydrogen) atoms. The molecule has 0 atom stereocenters. The predicted molar refractivity (Wildman–Crippen MR) is 61.9 cm³/mol. The van der Waals surface area contributed by atoms with Gasteiger partial charge in [-0.15, -0.1) is 0 Å². The van der Waals surface area contributed by atoms with Crippen molar-refractivity contribution in [3.8, 4) is 0 Å². The van der Waals surface area contributed by atoms with Gasteiger partial charge in [-0.05, 0) is 24.6 Å². The van der Waals surface area contributed by atoms with Gasteiger partial charge < -0.3 is 10.0 Å². The van der Waals surface area contributed by atoms with E-state index in [1.54, 1.807) is 6.92 Å². The zero-order valence-corrected chi connectivity index (χ0v) is 10.2. The second-order valence-electron chi connectivity index (χ2n) is 4.01. The van der Waals surface area contributed by atoms with E-state index in [-0.39, 0.29) is 17.8 Å². The minimum Gasteiger partial charge on any atom is -0.478 e. The lowest BCUT2D eigenvalue weighted by Gasteiger charge is -2.26. The monoisotopic (exact) mass is 279 g/mol. The maximum atomic E-state index is 13.7. The predicted octanol–water partition coefficient (Wildman–Crippen LogP) is 3.30. The summed E-state index contributed by atoms with van der Waals surface area (Å²) in [5.74, 6) is -2.30. The molecule has 0 unspecified atom stereocenters. The van der Waals surface area contributed by atoms with E-state index in [4.69, 9.17) is 5.11 Å². The second kappa shape index (κ2) is 5.90. The fourth-order valence-corrected chi connectivity index (χ4v) is 1.67. The summed E-state index contributed by atoms with van der Waals surface area (Å²) in [7, 11) is 0. The van der Waals surface area contributed by atoms with Crippen LogP contribution in [0.25, 0.3) is 0 Å². The van der Waals surface area contributed by atoms with Crippen molar-refractivity contribution in [1.82, 2.24) is 0 Å². The standard InChI is InChI=1S/C12H13F4NO2/c1-2-5-17(7-12(14,15)16)10-4-3-8(11(18)19)6-9(10)13/h3-4,6H,2,5,7H2,1H3,(H,18,19). The highest BCUT2D eigenvalue weighted by molar-refractivity contribution is 5.88. The van der Waals surface area contributed by atoms with Crippen LogP contribution in [-0.4, -0.2) is 30.3 Å². The minimum atomic E-state index is -4.45. The van der Waals surface area contributed by atoms with Crippen molar-refractivity contribution >= 4 is 11.7 Å². The molecule has 0 amide bonds. The van der Waals surface area contributed by atoms with Crippen LogP contribution in [-0.2, 0) is 0 Å². The van der Waals surface area contributed by atoms with Crippen molar-refractivity contribution in [1.29, 1.82) is 0 Å². The molecule has 7 heteroatoms. The van der Waals surface area contributed by atoms with Gasteiger partial charge in [0, 0.05) is 6.54 Å². The fraction of sp³-hybridized carbons (Fsp3) is 0.417. The summed E-state index contributed by atoms with van der Waals surface area (Å²) < 4.78 is 50.9. The lowest BCUT2D eigenvalue weighted by Crippen LogP contribution is -2.35. The number of anilines is 1. The van der Waals surface area contributed by atoms with Crippen LogP contribution in [0.15, 0.2) is 18.2 Å². The fourth-order valence-electron chi connectivity index (χ4n) is 1.67. The van der Waals surface area contributed by atoms with Crippen molar-refractivity contribution in [3.05, 3.63) is 29.6 Å². The molecule has 0 saturated carbocycles. The Bertz CT molecular complexity index is 460. The number of carbonyl (C=O) groups is 1. The van der Waals surface area contributed by atoms with Crippen molar-refractivity contribution in [2.45, 2.75) is 19.5 Å². The molecular weight excluding hydrogens is 266 g/mol. The van der Waals surface area contributed by atoms with Crippen LogP contribution in [0, 0.1) is 5.82 Å². The molecule has 1 aromatic rings. The van der Waals surface area contributed by atoms with E-state index < -0.39 is 24.5 Å². The molecule has 0 radical (unpaired) electrons. The van der Waals surface area contributed by atoms with Crippen molar-refractivity contribution in [2.75, 3.05) is 18.0 Å². The van der Waals surface area contributed by atoms with Crippen LogP contribution >= 0.6 is 0 Å². The van der Waals surface area contributed by atoms with E-state index in [0.717, 1.165) is 23.1 Å². The molecule has 0 saturated heterocycles. The lowest BCUT2D eigenvalue weighted by molar-refractivity contribution is -0.119. The first-order valence-corrected chi connectivity index (χ1v) is 5.59. The second-order valence-corrected chi connectivity index (χ2v) is 4.01. The number of alkyl halides is 3. The molecular formula is C12H13F4NO2. The third kappa shape index (κ3) is 4.42. The Morgan fingerprint density at radius 2 is 2.00 bits per heavy atom. The van der Waals surface area contributed by atoms with E-state index in [1.807, 2.05) is 0 Å². The molecule has 1 aromatic carbocycles. The third-order valence-electron chi connectivity index (χ3n) is 2.40. The number of benzene rings is 1. The largest absolute Gasteiger partial charge is 0.478 e. The molecule has 0 aliphatic carbocycles. The number of hydrogen-bond donors (Lipinski definition) is 1. The van der Waals surface area contributed by atoms with Crippen molar-refractivity contribution in [3.63, 3.8) is 0 Å². The van der Waals surface area contributed by atoms with Gasteiger partial charge in [-0.25, -0.2) is 9.18 Å². The van der Waals surface area contributed by atoms with Crippen LogP contribution < -0.4 is 4.90 Å². The van der Waals surface area contributed by atoms with E-state index in [0.29, 0.717) is 6.42 Å². The first kappa shape index (κ1) is 15.3. The number of hydrogen-bond acceptors (Lipinski definition) is 2. The number of aromatic carboxylic acids is 1. The molecule has 0 spiro atoms. The van der Waals surface area contributed by atoms with Gasteiger partial charge >= 0.3 is 12.1 Å². The maximum Gasteiger partial charge on any atom is 0.405 e. The summed E-state index contributed by atoms with van der Waals surface area (Å²) in [4.78, 5) is 11.5. The van der Waals surface area contributed by atoms with Crippen molar-refractivity contribution in [2.24, 2.45) is 0 Å². The normalized spacial score (nSPS) is 11.4. The van der Waals surface area contributed by atoms with Gasteiger partial charge in [0.1, 0.15) is 12.4 Å². The quantitative estimate of drug-likeness (QED) is 0.841. The van der Waals surface area contributed by atoms with E-state index in [1.165, 1.54) is 0 Å². The molecule has 0 heterocycles. The zero-order valence-electron chi connectivity index (χ0n) is 10.2. The molecule has 1 N–H and O–H groups in total. The van der Waals surface area contributed by atoms with Crippen LogP contribution in [0.1, 0.15) is 23.7 Å². The van der Waals surface area contributed by atoms with E-state index in [9.17, 15) is 22.4 Å². The Balaban J connectivity index is 3.06. The maximum absolute atomic E-state index is 13.7. The lowest BCUT2D eigenvalue weighted by atomic mass is 10.1. The third-order valence-corrected chi connectivity index (χ3v) is 2.40. The SMILES string of the molecule is CCCN(CC(F)(F)F)c1ccc(C(=O)O)cc1F. The number of carboxylic acid groups (broad SMARTS) is 1. The number of nitrogens with zero attached hydrogens (tertiary/aromatic N) is 1. The van der Waals surface area contributed by atoms with Gasteiger partial charge in [0.15, 0.2) is 0 Å². The van der Waals surface area contributed by atoms with Crippen LogP contribution in [0.2, 0.25) is 0 Å². The van der Waals surface area contributed by atoms with Crippen LogP contribution in [0.3, 0.4) is 0 Å². The molecule has 0 aliphatic heterocycles. The van der Waals surface area contributed by atoms with Gasteiger partial charge in [0.05, 0.1) is 11.3 Å². The first-order chi connectivity index (χ1) is 8.74. The average molecular weight is 279 g/mol. The Morgan fingerprint density at radius 1 is 1.37 bits per heavy atom. The Labute approximate surface area is 107 Å². The number of halogens is 4. The number of rotatable bonds is 5. The molecule has 106 valence electrons.